The number of hydrogen-bond acceptors (Lipinski definition) is 0. The SMILES string of the molecule is CC1CCC2CCCCC2C1.O.O. The van der Waals surface area contributed by atoms with Gasteiger partial charge in [0, 0.05) is 0 Å². The quantitative estimate of drug-likeness (QED) is 0.558. The van der Waals surface area contributed by atoms with E-state index in [-0.39, 0.29) is 11.0 Å². The molecule has 2 saturated carbocycles. The molecule has 0 radical (unpaired) electrons. The van der Waals surface area contributed by atoms with E-state index in [0.717, 1.165) is 17.8 Å². The first-order valence-electron chi connectivity index (χ1n) is 5.36. The number of rotatable bonds is 0. The van der Waals surface area contributed by atoms with Gasteiger partial charge in [0.2, 0.25) is 0 Å². The maximum Gasteiger partial charge on any atom is -0.0383 e. The standard InChI is InChI=1S/C11H20.2H2O/c1-9-6-7-10-4-2-3-5-11(10)8-9;;/h9-11H,2-8H2,1H3;2*1H2. The molecule has 80 valence electrons. The first kappa shape index (κ1) is 12.9. The van der Waals surface area contributed by atoms with Crippen LogP contribution in [0, 0.1) is 17.8 Å². The summed E-state index contributed by atoms with van der Waals surface area (Å²) in [7, 11) is 0. The van der Waals surface area contributed by atoms with Gasteiger partial charge in [-0.15, -0.1) is 0 Å². The molecular weight excluding hydrogens is 164 g/mol. The molecule has 3 unspecified atom stereocenters. The smallest absolute Gasteiger partial charge is 0.0383 e. The molecule has 0 aliphatic heterocycles. The van der Waals surface area contributed by atoms with Crippen molar-refractivity contribution in [2.75, 3.05) is 0 Å². The van der Waals surface area contributed by atoms with Gasteiger partial charge in [-0.3, -0.25) is 0 Å². The van der Waals surface area contributed by atoms with Gasteiger partial charge >= 0.3 is 0 Å². The summed E-state index contributed by atoms with van der Waals surface area (Å²) < 4.78 is 0. The minimum absolute atomic E-state index is 0. The Hall–Kier alpha value is -0.0800. The molecule has 2 rings (SSSR count). The molecule has 4 N–H and O–H groups in total. The van der Waals surface area contributed by atoms with Gasteiger partial charge < -0.3 is 11.0 Å². The van der Waals surface area contributed by atoms with Crippen molar-refractivity contribution in [1.29, 1.82) is 0 Å². The average molecular weight is 188 g/mol. The van der Waals surface area contributed by atoms with Gasteiger partial charge in [0.15, 0.2) is 0 Å². The lowest BCUT2D eigenvalue weighted by molar-refractivity contribution is 0.137. The Labute approximate surface area is 81.3 Å². The second-order valence-electron chi connectivity index (χ2n) is 4.72. The fourth-order valence-corrected chi connectivity index (χ4v) is 3.11. The Bertz CT molecular complexity index is 136. The zero-order valence-corrected chi connectivity index (χ0v) is 8.68. The first-order chi connectivity index (χ1) is 5.36. The van der Waals surface area contributed by atoms with Crippen molar-refractivity contribution in [3.05, 3.63) is 0 Å². The largest absolute Gasteiger partial charge is 0.412 e. The van der Waals surface area contributed by atoms with Crippen LogP contribution in [-0.2, 0) is 0 Å². The van der Waals surface area contributed by atoms with Crippen LogP contribution in [0.3, 0.4) is 0 Å². The van der Waals surface area contributed by atoms with E-state index in [4.69, 9.17) is 0 Å². The molecule has 0 aromatic rings. The van der Waals surface area contributed by atoms with Crippen LogP contribution in [0.1, 0.15) is 51.9 Å². The number of hydrogen-bond donors (Lipinski definition) is 0. The molecule has 0 saturated heterocycles. The molecule has 0 aromatic carbocycles. The lowest BCUT2D eigenvalue weighted by Gasteiger charge is -2.38. The third-order valence-electron chi connectivity index (χ3n) is 3.80. The summed E-state index contributed by atoms with van der Waals surface area (Å²) >= 11 is 0. The third-order valence-corrected chi connectivity index (χ3v) is 3.80. The molecule has 0 spiro atoms. The Morgan fingerprint density at radius 1 is 0.769 bits per heavy atom. The lowest BCUT2D eigenvalue weighted by Crippen LogP contribution is -2.26. The van der Waals surface area contributed by atoms with Gasteiger partial charge in [0.25, 0.3) is 0 Å². The van der Waals surface area contributed by atoms with E-state index in [0.29, 0.717) is 0 Å². The monoisotopic (exact) mass is 188 g/mol. The Kier molecular flexibility index (Phi) is 5.57. The van der Waals surface area contributed by atoms with Crippen molar-refractivity contribution in [3.63, 3.8) is 0 Å². The summed E-state index contributed by atoms with van der Waals surface area (Å²) in [6.45, 7) is 2.44. The van der Waals surface area contributed by atoms with E-state index in [1.54, 1.807) is 25.7 Å². The van der Waals surface area contributed by atoms with Gasteiger partial charge in [-0.25, -0.2) is 0 Å². The lowest BCUT2D eigenvalue weighted by atomic mass is 9.68. The van der Waals surface area contributed by atoms with Crippen LogP contribution < -0.4 is 0 Å². The topological polar surface area (TPSA) is 63.0 Å². The van der Waals surface area contributed by atoms with Crippen LogP contribution in [-0.4, -0.2) is 11.0 Å². The Morgan fingerprint density at radius 3 is 2.08 bits per heavy atom. The van der Waals surface area contributed by atoms with Crippen LogP contribution in [0.4, 0.5) is 0 Å². The molecule has 2 heteroatoms. The van der Waals surface area contributed by atoms with Gasteiger partial charge in [0.1, 0.15) is 0 Å². The maximum absolute atomic E-state index is 2.44. The van der Waals surface area contributed by atoms with Crippen molar-refractivity contribution in [2.24, 2.45) is 17.8 Å². The molecule has 2 fully saturated rings. The van der Waals surface area contributed by atoms with Crippen LogP contribution in [0.2, 0.25) is 0 Å². The molecule has 0 bridgehead atoms. The predicted octanol–water partition coefficient (Wildman–Crippen LogP) is 1.96. The minimum atomic E-state index is 0. The predicted molar refractivity (Wildman–Crippen MR) is 55.7 cm³/mol. The molecule has 2 aliphatic rings. The van der Waals surface area contributed by atoms with Crippen molar-refractivity contribution >= 4 is 0 Å². The van der Waals surface area contributed by atoms with Crippen LogP contribution in [0.5, 0.6) is 0 Å². The van der Waals surface area contributed by atoms with Gasteiger partial charge in [0.05, 0.1) is 0 Å². The molecule has 0 aromatic heterocycles. The highest BCUT2D eigenvalue weighted by Gasteiger charge is 2.29. The van der Waals surface area contributed by atoms with Crippen molar-refractivity contribution < 1.29 is 11.0 Å². The Morgan fingerprint density at radius 2 is 1.38 bits per heavy atom. The van der Waals surface area contributed by atoms with E-state index in [9.17, 15) is 0 Å². The molecule has 0 amide bonds. The Balaban J connectivity index is 0.000000720. The van der Waals surface area contributed by atoms with Gasteiger partial charge in [-0.05, 0) is 30.6 Å². The maximum atomic E-state index is 2.44. The second kappa shape index (κ2) is 5.61. The summed E-state index contributed by atoms with van der Waals surface area (Å²) in [5.74, 6) is 3.31. The van der Waals surface area contributed by atoms with Crippen molar-refractivity contribution in [2.45, 2.75) is 51.9 Å². The molecule has 13 heavy (non-hydrogen) atoms. The van der Waals surface area contributed by atoms with Crippen LogP contribution in [0.25, 0.3) is 0 Å². The highest BCUT2D eigenvalue weighted by Crippen LogP contribution is 2.42. The van der Waals surface area contributed by atoms with Crippen molar-refractivity contribution in [1.82, 2.24) is 0 Å². The third kappa shape index (κ3) is 2.96. The van der Waals surface area contributed by atoms with E-state index in [1.165, 1.54) is 19.3 Å². The van der Waals surface area contributed by atoms with E-state index >= 15 is 0 Å². The number of fused-ring (bicyclic) bond motifs is 1. The van der Waals surface area contributed by atoms with Crippen LogP contribution in [0.15, 0.2) is 0 Å². The average Bonchev–Trinajstić information content (AvgIpc) is 2.04. The summed E-state index contributed by atoms with van der Waals surface area (Å²) in [6.07, 6.45) is 10.8. The molecule has 2 aliphatic carbocycles. The van der Waals surface area contributed by atoms with Gasteiger partial charge in [-0.2, -0.15) is 0 Å². The summed E-state index contributed by atoms with van der Waals surface area (Å²) in [4.78, 5) is 0. The first-order valence-corrected chi connectivity index (χ1v) is 5.36. The second-order valence-corrected chi connectivity index (χ2v) is 4.72. The highest BCUT2D eigenvalue weighted by atomic mass is 16.0. The molecule has 0 heterocycles. The normalized spacial score (nSPS) is 38.1. The van der Waals surface area contributed by atoms with Crippen LogP contribution >= 0.6 is 0 Å². The highest BCUT2D eigenvalue weighted by molar-refractivity contribution is 4.81. The van der Waals surface area contributed by atoms with Crippen molar-refractivity contribution in [3.8, 4) is 0 Å². The fraction of sp³-hybridized carbons (Fsp3) is 1.00. The fourth-order valence-electron chi connectivity index (χ4n) is 3.11. The summed E-state index contributed by atoms with van der Waals surface area (Å²) in [5.41, 5.74) is 0. The molecule has 2 nitrogen and oxygen atoms in total. The summed E-state index contributed by atoms with van der Waals surface area (Å²) in [6, 6.07) is 0. The van der Waals surface area contributed by atoms with E-state index < -0.39 is 0 Å². The molecule has 3 atom stereocenters. The summed E-state index contributed by atoms with van der Waals surface area (Å²) in [5, 5.41) is 0. The zero-order valence-electron chi connectivity index (χ0n) is 8.68. The minimum Gasteiger partial charge on any atom is -0.412 e. The van der Waals surface area contributed by atoms with E-state index in [2.05, 4.69) is 6.92 Å². The van der Waals surface area contributed by atoms with E-state index in [1.807, 2.05) is 0 Å². The molecular formula is C11H24O2. The zero-order chi connectivity index (χ0) is 7.68. The van der Waals surface area contributed by atoms with Gasteiger partial charge in [-0.1, -0.05) is 39.0 Å².